The lowest BCUT2D eigenvalue weighted by Crippen LogP contribution is -2.41. The minimum Gasteiger partial charge on any atom is -0.399 e. The van der Waals surface area contributed by atoms with E-state index >= 15 is 0 Å². The van der Waals surface area contributed by atoms with Crippen LogP contribution in [0.5, 0.6) is 0 Å². The molecule has 16 aromatic carbocycles. The van der Waals surface area contributed by atoms with Gasteiger partial charge in [-0.2, -0.15) is 0 Å². The van der Waals surface area contributed by atoms with Crippen LogP contribution in [0.25, 0.3) is 110 Å². The first-order valence-electron chi connectivity index (χ1n) is 37.0. The molecule has 0 amide bonds. The van der Waals surface area contributed by atoms with Crippen LogP contribution in [-0.2, 0) is 20.1 Å². The molecule has 0 saturated carbocycles. The van der Waals surface area contributed by atoms with Crippen molar-refractivity contribution in [2.45, 2.75) is 49.7 Å². The first-order valence-corrected chi connectivity index (χ1v) is 39.6. The van der Waals surface area contributed by atoms with Gasteiger partial charge in [-0.15, -0.1) is 0 Å². The summed E-state index contributed by atoms with van der Waals surface area (Å²) in [4.78, 5) is 0. The van der Waals surface area contributed by atoms with Gasteiger partial charge in [0.2, 0.25) is 0 Å². The number of hydrogen-bond donors (Lipinski definition) is 0. The third-order valence-corrected chi connectivity index (χ3v) is 26.3. The molecule has 0 bridgehead atoms. The molecule has 8 heteroatoms. The molecular formula is C100H72BBr2IN2O2. The summed E-state index contributed by atoms with van der Waals surface area (Å²) in [7, 11) is -0.457. The van der Waals surface area contributed by atoms with Crippen LogP contribution in [0, 0.1) is 3.57 Å². The van der Waals surface area contributed by atoms with Gasteiger partial charge in [0.1, 0.15) is 0 Å². The van der Waals surface area contributed by atoms with Crippen LogP contribution in [0.4, 0.5) is 0 Å². The number of fused-ring (bicyclic) bond motifs is 16. The average Bonchev–Trinajstić information content (AvgIpc) is 1.55. The molecule has 1 saturated heterocycles. The van der Waals surface area contributed by atoms with Crippen molar-refractivity contribution in [3.8, 4) is 44.8 Å². The number of hydrogen-bond acceptors (Lipinski definition) is 2. The highest BCUT2D eigenvalue weighted by atomic mass is 127. The van der Waals surface area contributed by atoms with Crippen LogP contribution in [0.1, 0.15) is 72.2 Å². The minimum absolute atomic E-state index is 0.428. The molecule has 1 fully saturated rings. The molecule has 2 aliphatic carbocycles. The third kappa shape index (κ3) is 10.8. The fourth-order valence-corrected chi connectivity index (χ4v) is 18.9. The van der Waals surface area contributed by atoms with E-state index in [0.717, 1.165) is 26.8 Å². The Kier molecular flexibility index (Phi) is 16.9. The predicted molar refractivity (Wildman–Crippen MR) is 467 cm³/mol. The van der Waals surface area contributed by atoms with Crippen molar-refractivity contribution in [2.75, 3.05) is 0 Å². The molecule has 0 atom stereocenters. The zero-order valence-electron chi connectivity index (χ0n) is 60.1. The number of halogens is 3. The molecule has 108 heavy (non-hydrogen) atoms. The Balaban J connectivity index is 0.000000133. The van der Waals surface area contributed by atoms with Gasteiger partial charge >= 0.3 is 7.12 Å². The van der Waals surface area contributed by atoms with E-state index in [2.05, 4.69) is 437 Å². The lowest BCUT2D eigenvalue weighted by molar-refractivity contribution is 0.00578. The molecule has 0 radical (unpaired) electrons. The maximum Gasteiger partial charge on any atom is 0.494 e. The highest BCUT2D eigenvalue weighted by Gasteiger charge is 2.52. The molecular weight excluding hydrogens is 1560 g/mol. The van der Waals surface area contributed by atoms with E-state index < -0.39 is 29.2 Å². The molecule has 1 aliphatic heterocycles. The quantitative estimate of drug-likeness (QED) is 0.112. The standard InChI is InChI=1S/C47H38BNO2.C47H30BrN.C6H4BrI/c1-45(2)46(3,4)51-48(50-45)34-24-26-39-43(29-34)49(42-28-23-31-15-11-12-20-36(31)44(39)42)35-25-27-38-37-21-13-14-22-40(37)47(41(38)30-35,32-16-7-5-8-17-32)33-18-9-6-10-19-33;48-43-22-12-10-18-36(43)32-23-26-40-45(29-32)49(44-28-24-31-13-7-8-19-37(31)46(40)44)35-25-27-39-38-20-9-11-21-41(38)47(42(39)30-35,33-14-3-1-4-15-33)34-16-5-2-6-17-34;7-5-3-1-2-4-6(5)8/h5-30H,1-4H3;1-30H;1-4H. The van der Waals surface area contributed by atoms with Crippen LogP contribution in [-0.4, -0.2) is 27.5 Å². The van der Waals surface area contributed by atoms with Crippen LogP contribution in [0.15, 0.2) is 373 Å². The summed E-state index contributed by atoms with van der Waals surface area (Å²) in [5, 5.41) is 10.0. The van der Waals surface area contributed by atoms with Gasteiger partial charge in [-0.1, -0.05) is 313 Å². The van der Waals surface area contributed by atoms with Crippen molar-refractivity contribution in [1.82, 2.24) is 9.13 Å². The van der Waals surface area contributed by atoms with Gasteiger partial charge in [0, 0.05) is 45.4 Å². The van der Waals surface area contributed by atoms with Crippen molar-refractivity contribution in [3.63, 3.8) is 0 Å². The van der Waals surface area contributed by atoms with E-state index in [1.54, 1.807) is 0 Å². The fraction of sp³-hybridized carbons (Fsp3) is 0.0800. The second kappa shape index (κ2) is 26.9. The first-order chi connectivity index (χ1) is 52.8. The summed E-state index contributed by atoms with van der Waals surface area (Å²) in [5.74, 6) is 0. The topological polar surface area (TPSA) is 28.3 Å². The van der Waals surface area contributed by atoms with E-state index in [1.165, 1.54) is 146 Å². The number of nitrogens with zero attached hydrogens (tertiary/aromatic N) is 2. The Bertz CT molecular complexity index is 6450. The Labute approximate surface area is 660 Å². The largest absolute Gasteiger partial charge is 0.494 e. The van der Waals surface area contributed by atoms with E-state index in [9.17, 15) is 0 Å². The Morgan fingerprint density at radius 2 is 0.676 bits per heavy atom. The Hall–Kier alpha value is -10.7. The van der Waals surface area contributed by atoms with Crippen molar-refractivity contribution in [2.24, 2.45) is 0 Å². The molecule has 3 heterocycles. The molecule has 2 aromatic heterocycles. The summed E-state index contributed by atoms with van der Waals surface area (Å²) >= 11 is 9.49. The zero-order valence-corrected chi connectivity index (χ0v) is 65.4. The van der Waals surface area contributed by atoms with E-state index in [4.69, 9.17) is 9.31 Å². The first kappa shape index (κ1) is 67.9. The van der Waals surface area contributed by atoms with Crippen molar-refractivity contribution in [3.05, 3.63) is 421 Å². The lowest BCUT2D eigenvalue weighted by Gasteiger charge is -2.34. The molecule has 4 nitrogen and oxygen atoms in total. The number of aromatic nitrogens is 2. The minimum atomic E-state index is -0.482. The highest BCUT2D eigenvalue weighted by Crippen LogP contribution is 2.59. The van der Waals surface area contributed by atoms with Crippen LogP contribution in [0.3, 0.4) is 0 Å². The van der Waals surface area contributed by atoms with Crippen molar-refractivity contribution in [1.29, 1.82) is 0 Å². The van der Waals surface area contributed by atoms with Crippen molar-refractivity contribution < 1.29 is 9.31 Å². The van der Waals surface area contributed by atoms with Gasteiger partial charge in [0.15, 0.2) is 0 Å². The Morgan fingerprint density at radius 1 is 0.296 bits per heavy atom. The predicted octanol–water partition coefficient (Wildman–Crippen LogP) is 26.4. The van der Waals surface area contributed by atoms with E-state index in [-0.39, 0.29) is 0 Å². The van der Waals surface area contributed by atoms with Crippen LogP contribution in [0.2, 0.25) is 0 Å². The molecule has 518 valence electrons. The van der Waals surface area contributed by atoms with Gasteiger partial charge in [-0.25, -0.2) is 0 Å². The molecule has 21 rings (SSSR count). The van der Waals surface area contributed by atoms with Crippen molar-refractivity contribution >= 4 is 132 Å². The summed E-state index contributed by atoms with van der Waals surface area (Å²) in [5.41, 5.74) is 24.0. The van der Waals surface area contributed by atoms with Crippen LogP contribution < -0.4 is 5.46 Å². The molecule has 0 unspecified atom stereocenters. The summed E-state index contributed by atoms with van der Waals surface area (Å²) in [6, 6.07) is 133. The molecule has 0 spiro atoms. The lowest BCUT2D eigenvalue weighted by atomic mass is 9.67. The maximum absolute atomic E-state index is 6.58. The Morgan fingerprint density at radius 3 is 1.12 bits per heavy atom. The van der Waals surface area contributed by atoms with Gasteiger partial charge < -0.3 is 18.4 Å². The monoisotopic (exact) mass is 1630 g/mol. The van der Waals surface area contributed by atoms with Gasteiger partial charge in [-0.05, 0) is 238 Å². The normalized spacial score (nSPS) is 14.6. The van der Waals surface area contributed by atoms with Gasteiger partial charge in [0.25, 0.3) is 0 Å². The summed E-state index contributed by atoms with van der Waals surface area (Å²) < 4.78 is 21.6. The highest BCUT2D eigenvalue weighted by molar-refractivity contribution is 14.1. The SMILES string of the molecule is Brc1ccccc1-c1ccc2c3c4ccccc4ccc3n(-c3ccc4c(c3)C(c3ccccc3)(c3ccccc3)c3ccccc3-4)c2c1.Brc1ccccc1I.CC1(C)OB(c2ccc3c4c5ccccc5ccc4n(-c4ccc5c(c4)C(c4ccccc4)(c4ccccc4)c4ccccc4-5)c3c2)OC1(C)C. The number of benzene rings is 16. The summed E-state index contributed by atoms with van der Waals surface area (Å²) in [6.07, 6.45) is 0. The smallest absolute Gasteiger partial charge is 0.399 e. The second-order valence-electron chi connectivity index (χ2n) is 29.5. The van der Waals surface area contributed by atoms with Gasteiger partial charge in [-0.3, -0.25) is 0 Å². The van der Waals surface area contributed by atoms with Gasteiger partial charge in [0.05, 0.1) is 44.1 Å². The third-order valence-electron chi connectivity index (χ3n) is 23.3. The fourth-order valence-electron chi connectivity index (χ4n) is 17.7. The summed E-state index contributed by atoms with van der Waals surface area (Å²) in [6.45, 7) is 8.46. The maximum atomic E-state index is 6.58. The second-order valence-corrected chi connectivity index (χ2v) is 32.4. The molecule has 3 aliphatic rings. The zero-order chi connectivity index (χ0) is 73.0. The number of rotatable bonds is 8. The van der Waals surface area contributed by atoms with Crippen LogP contribution >= 0.6 is 54.5 Å². The average molecular weight is 1630 g/mol. The molecule has 18 aromatic rings. The molecule has 0 N–H and O–H groups in total. The van der Waals surface area contributed by atoms with E-state index in [0.29, 0.717) is 0 Å². The van der Waals surface area contributed by atoms with E-state index in [1.807, 2.05) is 18.2 Å².